The van der Waals surface area contributed by atoms with Crippen molar-refractivity contribution in [3.8, 4) is 0 Å². The number of nitrogens with zero attached hydrogens (tertiary/aromatic N) is 2. The minimum absolute atomic E-state index is 0.493. The third kappa shape index (κ3) is 6.66. The standard InChI is InChI=1S/C16H34N4O/c1-13(2)20-11-14(3)15(12-20)19-16(17-4)18-9-7-6-8-10-21-5/h13-15H,6-12H2,1-5H3,(H2,17,18,19). The molecule has 0 aliphatic carbocycles. The molecule has 5 heteroatoms. The maximum absolute atomic E-state index is 5.06. The van der Waals surface area contributed by atoms with Crippen molar-refractivity contribution in [3.63, 3.8) is 0 Å². The van der Waals surface area contributed by atoms with Crippen LogP contribution in [0.2, 0.25) is 0 Å². The highest BCUT2D eigenvalue weighted by molar-refractivity contribution is 5.80. The lowest BCUT2D eigenvalue weighted by Crippen LogP contribution is -2.47. The van der Waals surface area contributed by atoms with E-state index in [9.17, 15) is 0 Å². The largest absolute Gasteiger partial charge is 0.385 e. The Kier molecular flexibility index (Phi) is 8.69. The molecule has 0 aromatic heterocycles. The van der Waals surface area contributed by atoms with Gasteiger partial charge in [0.1, 0.15) is 0 Å². The normalized spacial score (nSPS) is 23.8. The van der Waals surface area contributed by atoms with Crippen molar-refractivity contribution in [2.24, 2.45) is 10.9 Å². The quantitative estimate of drug-likeness (QED) is 0.407. The molecule has 2 N–H and O–H groups in total. The summed E-state index contributed by atoms with van der Waals surface area (Å²) in [5.41, 5.74) is 0. The monoisotopic (exact) mass is 298 g/mol. The maximum atomic E-state index is 5.06. The number of rotatable bonds is 8. The van der Waals surface area contributed by atoms with E-state index in [0.29, 0.717) is 18.0 Å². The van der Waals surface area contributed by atoms with E-state index in [4.69, 9.17) is 4.74 Å². The Morgan fingerprint density at radius 2 is 2.05 bits per heavy atom. The predicted octanol–water partition coefficient (Wildman–Crippen LogP) is 1.70. The van der Waals surface area contributed by atoms with Gasteiger partial charge >= 0.3 is 0 Å². The van der Waals surface area contributed by atoms with Crippen molar-refractivity contribution < 1.29 is 4.74 Å². The summed E-state index contributed by atoms with van der Waals surface area (Å²) < 4.78 is 5.06. The van der Waals surface area contributed by atoms with Gasteiger partial charge in [0.15, 0.2) is 5.96 Å². The van der Waals surface area contributed by atoms with Gasteiger partial charge in [0, 0.05) is 52.5 Å². The highest BCUT2D eigenvalue weighted by Gasteiger charge is 2.31. The Balaban J connectivity index is 2.25. The minimum Gasteiger partial charge on any atom is -0.385 e. The Labute approximate surface area is 130 Å². The molecule has 124 valence electrons. The van der Waals surface area contributed by atoms with Crippen molar-refractivity contribution in [2.75, 3.05) is 40.4 Å². The molecule has 1 rings (SSSR count). The molecule has 1 fully saturated rings. The number of hydrogen-bond acceptors (Lipinski definition) is 3. The molecule has 2 atom stereocenters. The zero-order chi connectivity index (χ0) is 15.7. The topological polar surface area (TPSA) is 48.9 Å². The van der Waals surface area contributed by atoms with Gasteiger partial charge in [-0.25, -0.2) is 0 Å². The summed E-state index contributed by atoms with van der Waals surface area (Å²) in [6.07, 6.45) is 3.48. The third-order valence-corrected chi connectivity index (χ3v) is 4.23. The summed E-state index contributed by atoms with van der Waals surface area (Å²) >= 11 is 0. The third-order valence-electron chi connectivity index (χ3n) is 4.23. The number of aliphatic imine (C=N–C) groups is 1. The van der Waals surface area contributed by atoms with E-state index in [2.05, 4.69) is 41.3 Å². The molecule has 0 saturated carbocycles. The molecule has 1 aliphatic heterocycles. The van der Waals surface area contributed by atoms with E-state index in [1.165, 1.54) is 13.0 Å². The summed E-state index contributed by atoms with van der Waals surface area (Å²) in [6, 6.07) is 1.11. The van der Waals surface area contributed by atoms with Crippen LogP contribution in [0.25, 0.3) is 0 Å². The van der Waals surface area contributed by atoms with Gasteiger partial charge in [-0.05, 0) is 39.0 Å². The van der Waals surface area contributed by atoms with Crippen molar-refractivity contribution in [1.29, 1.82) is 0 Å². The van der Waals surface area contributed by atoms with Gasteiger partial charge in [0.2, 0.25) is 0 Å². The molecule has 0 spiro atoms. The Hall–Kier alpha value is -0.810. The van der Waals surface area contributed by atoms with E-state index < -0.39 is 0 Å². The van der Waals surface area contributed by atoms with Crippen LogP contribution in [-0.2, 0) is 4.74 Å². The average molecular weight is 298 g/mol. The molecule has 0 aromatic rings. The fourth-order valence-corrected chi connectivity index (χ4v) is 2.74. The lowest BCUT2D eigenvalue weighted by molar-refractivity contribution is 0.192. The SMILES string of the molecule is CN=C(NCCCCCOC)NC1CN(C(C)C)CC1C. The van der Waals surface area contributed by atoms with Crippen LogP contribution in [0.3, 0.4) is 0 Å². The highest BCUT2D eigenvalue weighted by atomic mass is 16.5. The highest BCUT2D eigenvalue weighted by Crippen LogP contribution is 2.18. The number of methoxy groups -OCH3 is 1. The van der Waals surface area contributed by atoms with Crippen molar-refractivity contribution in [3.05, 3.63) is 0 Å². The predicted molar refractivity (Wildman–Crippen MR) is 89.9 cm³/mol. The second-order valence-corrected chi connectivity index (χ2v) is 6.33. The summed E-state index contributed by atoms with van der Waals surface area (Å²) in [5, 5.41) is 6.99. The molecule has 0 amide bonds. The minimum atomic E-state index is 0.493. The summed E-state index contributed by atoms with van der Waals surface area (Å²) in [6.45, 7) is 11.0. The second-order valence-electron chi connectivity index (χ2n) is 6.33. The van der Waals surface area contributed by atoms with Crippen molar-refractivity contribution in [2.45, 2.75) is 52.1 Å². The van der Waals surface area contributed by atoms with Gasteiger partial charge in [-0.2, -0.15) is 0 Å². The van der Waals surface area contributed by atoms with E-state index in [0.717, 1.165) is 38.5 Å². The van der Waals surface area contributed by atoms with E-state index >= 15 is 0 Å². The number of unbranched alkanes of at least 4 members (excludes halogenated alkanes) is 2. The number of guanidine groups is 1. The van der Waals surface area contributed by atoms with Crippen LogP contribution < -0.4 is 10.6 Å². The number of nitrogens with one attached hydrogen (secondary N) is 2. The van der Waals surface area contributed by atoms with Gasteiger partial charge in [-0.15, -0.1) is 0 Å². The summed E-state index contributed by atoms with van der Waals surface area (Å²) in [4.78, 5) is 6.87. The van der Waals surface area contributed by atoms with Crippen molar-refractivity contribution >= 4 is 5.96 Å². The van der Waals surface area contributed by atoms with Gasteiger partial charge in [0.05, 0.1) is 0 Å². The zero-order valence-corrected chi connectivity index (χ0v) is 14.5. The molecule has 0 radical (unpaired) electrons. The smallest absolute Gasteiger partial charge is 0.191 e. The Bertz CT molecular complexity index is 307. The second kappa shape index (κ2) is 10.0. The first-order chi connectivity index (χ1) is 10.1. The molecule has 1 heterocycles. The molecular weight excluding hydrogens is 264 g/mol. The Morgan fingerprint density at radius 1 is 1.29 bits per heavy atom. The molecule has 2 unspecified atom stereocenters. The van der Waals surface area contributed by atoms with Crippen LogP contribution in [-0.4, -0.2) is 63.3 Å². The van der Waals surface area contributed by atoms with E-state index in [1.807, 2.05) is 7.05 Å². The van der Waals surface area contributed by atoms with Gasteiger partial charge in [0.25, 0.3) is 0 Å². The lowest BCUT2D eigenvalue weighted by Gasteiger charge is -2.22. The Morgan fingerprint density at radius 3 is 2.62 bits per heavy atom. The van der Waals surface area contributed by atoms with Gasteiger partial charge < -0.3 is 15.4 Å². The van der Waals surface area contributed by atoms with E-state index in [1.54, 1.807) is 7.11 Å². The first kappa shape index (κ1) is 18.2. The van der Waals surface area contributed by atoms with Crippen molar-refractivity contribution in [1.82, 2.24) is 15.5 Å². The first-order valence-corrected chi connectivity index (χ1v) is 8.28. The van der Waals surface area contributed by atoms with Crippen LogP contribution in [0, 0.1) is 5.92 Å². The summed E-state index contributed by atoms with van der Waals surface area (Å²) in [5.74, 6) is 1.59. The molecule has 5 nitrogen and oxygen atoms in total. The van der Waals surface area contributed by atoms with E-state index in [-0.39, 0.29) is 0 Å². The number of ether oxygens (including phenoxy) is 1. The molecule has 0 bridgehead atoms. The zero-order valence-electron chi connectivity index (χ0n) is 14.5. The molecule has 21 heavy (non-hydrogen) atoms. The maximum Gasteiger partial charge on any atom is 0.191 e. The van der Waals surface area contributed by atoms with Crippen LogP contribution >= 0.6 is 0 Å². The molecule has 0 aromatic carbocycles. The molecule has 1 aliphatic rings. The van der Waals surface area contributed by atoms with Crippen LogP contribution in [0.5, 0.6) is 0 Å². The number of hydrogen-bond donors (Lipinski definition) is 2. The molecular formula is C16H34N4O. The lowest BCUT2D eigenvalue weighted by atomic mass is 10.1. The average Bonchev–Trinajstić information content (AvgIpc) is 2.82. The van der Waals surface area contributed by atoms with Crippen LogP contribution in [0.15, 0.2) is 4.99 Å². The molecule has 1 saturated heterocycles. The first-order valence-electron chi connectivity index (χ1n) is 8.28. The van der Waals surface area contributed by atoms with Gasteiger partial charge in [-0.3, -0.25) is 9.89 Å². The van der Waals surface area contributed by atoms with Gasteiger partial charge in [-0.1, -0.05) is 6.92 Å². The van der Waals surface area contributed by atoms with Crippen LogP contribution in [0.4, 0.5) is 0 Å². The summed E-state index contributed by atoms with van der Waals surface area (Å²) in [7, 11) is 3.60. The fraction of sp³-hybridized carbons (Fsp3) is 0.938. The number of likely N-dealkylation sites (tertiary alicyclic amines) is 1. The van der Waals surface area contributed by atoms with Crippen LogP contribution in [0.1, 0.15) is 40.0 Å². The fourth-order valence-electron chi connectivity index (χ4n) is 2.74.